The van der Waals surface area contributed by atoms with Gasteiger partial charge in [0.25, 0.3) is 0 Å². The lowest BCUT2D eigenvalue weighted by Gasteiger charge is -2.24. The first-order chi connectivity index (χ1) is 9.63. The molecule has 0 radical (unpaired) electrons. The molecule has 1 aromatic carbocycles. The number of nitrogens with one attached hydrogen (secondary N) is 1. The van der Waals surface area contributed by atoms with Crippen LogP contribution in [0.3, 0.4) is 0 Å². The predicted octanol–water partition coefficient (Wildman–Crippen LogP) is 3.69. The molecule has 0 aliphatic heterocycles. The van der Waals surface area contributed by atoms with E-state index in [0.29, 0.717) is 6.04 Å². The highest BCUT2D eigenvalue weighted by molar-refractivity contribution is 5.91. The second-order valence-electron chi connectivity index (χ2n) is 5.36. The maximum absolute atomic E-state index is 4.59. The van der Waals surface area contributed by atoms with Gasteiger partial charge in [0, 0.05) is 29.4 Å². The number of hydrogen-bond donors (Lipinski definition) is 1. The summed E-state index contributed by atoms with van der Waals surface area (Å²) in [5.74, 6) is 0. The number of pyridine rings is 1. The van der Waals surface area contributed by atoms with Crippen molar-refractivity contribution in [3.05, 3.63) is 36.0 Å². The van der Waals surface area contributed by atoms with Gasteiger partial charge in [-0.05, 0) is 39.1 Å². The monoisotopic (exact) mass is 271 g/mol. The van der Waals surface area contributed by atoms with Crippen molar-refractivity contribution in [3.8, 4) is 0 Å². The molecule has 1 N–H and O–H groups in total. The molecule has 0 aliphatic rings. The zero-order valence-electron chi connectivity index (χ0n) is 13.0. The van der Waals surface area contributed by atoms with Gasteiger partial charge in [-0.1, -0.05) is 32.0 Å². The van der Waals surface area contributed by atoms with E-state index in [1.54, 1.807) is 0 Å². The third-order valence-electron chi connectivity index (χ3n) is 3.67. The van der Waals surface area contributed by atoms with Gasteiger partial charge in [0.15, 0.2) is 0 Å². The van der Waals surface area contributed by atoms with Crippen molar-refractivity contribution in [2.45, 2.75) is 33.7 Å². The van der Waals surface area contributed by atoms with E-state index < -0.39 is 0 Å². The largest absolute Gasteiger partial charge is 0.381 e. The topological polar surface area (TPSA) is 28.2 Å². The summed E-state index contributed by atoms with van der Waals surface area (Å²) in [6, 6.07) is 10.9. The van der Waals surface area contributed by atoms with Gasteiger partial charge in [-0.2, -0.15) is 0 Å². The van der Waals surface area contributed by atoms with Crippen LogP contribution in [0.25, 0.3) is 10.9 Å². The number of nitrogens with zero attached hydrogens (tertiary/aromatic N) is 2. The third kappa shape index (κ3) is 3.48. The summed E-state index contributed by atoms with van der Waals surface area (Å²) in [5.41, 5.74) is 3.30. The molecule has 0 spiro atoms. The van der Waals surface area contributed by atoms with E-state index in [-0.39, 0.29) is 0 Å². The molecule has 3 nitrogen and oxygen atoms in total. The Bertz CT molecular complexity index is 561. The molecule has 0 amide bonds. The molecule has 1 atom stereocenters. The summed E-state index contributed by atoms with van der Waals surface area (Å²) >= 11 is 0. The lowest BCUT2D eigenvalue weighted by atomic mass is 10.1. The zero-order valence-corrected chi connectivity index (χ0v) is 13.0. The first-order valence-electron chi connectivity index (χ1n) is 7.49. The van der Waals surface area contributed by atoms with Crippen molar-refractivity contribution in [2.75, 3.05) is 25.0 Å². The fourth-order valence-electron chi connectivity index (χ4n) is 2.61. The van der Waals surface area contributed by atoms with Crippen molar-refractivity contribution >= 4 is 16.6 Å². The van der Waals surface area contributed by atoms with Crippen LogP contribution < -0.4 is 5.32 Å². The Morgan fingerprint density at radius 2 is 1.90 bits per heavy atom. The van der Waals surface area contributed by atoms with E-state index in [0.717, 1.165) is 30.8 Å². The van der Waals surface area contributed by atoms with E-state index >= 15 is 0 Å². The van der Waals surface area contributed by atoms with Gasteiger partial charge >= 0.3 is 0 Å². The van der Waals surface area contributed by atoms with Crippen LogP contribution >= 0.6 is 0 Å². The smallest absolute Gasteiger partial charge is 0.0725 e. The average Bonchev–Trinajstić information content (AvgIpc) is 2.44. The molecule has 0 aliphatic carbocycles. The molecule has 3 heteroatoms. The van der Waals surface area contributed by atoms with Gasteiger partial charge in [-0.15, -0.1) is 0 Å². The Hall–Kier alpha value is -1.61. The molecule has 2 rings (SSSR count). The van der Waals surface area contributed by atoms with Crippen molar-refractivity contribution in [2.24, 2.45) is 0 Å². The summed E-state index contributed by atoms with van der Waals surface area (Å²) < 4.78 is 0. The average molecular weight is 271 g/mol. The van der Waals surface area contributed by atoms with Crippen molar-refractivity contribution < 1.29 is 0 Å². The molecule has 108 valence electrons. The summed E-state index contributed by atoms with van der Waals surface area (Å²) in [5, 5.41) is 4.84. The second kappa shape index (κ2) is 6.71. The molecule has 0 saturated carbocycles. The van der Waals surface area contributed by atoms with Crippen LogP contribution in [0, 0.1) is 6.92 Å². The van der Waals surface area contributed by atoms with Crippen LogP contribution in [0.1, 0.15) is 26.5 Å². The van der Waals surface area contributed by atoms with Crippen LogP contribution in [-0.4, -0.2) is 35.6 Å². The minimum absolute atomic E-state index is 0.417. The zero-order chi connectivity index (χ0) is 14.5. The lowest BCUT2D eigenvalue weighted by Crippen LogP contribution is -2.34. The van der Waals surface area contributed by atoms with Crippen LogP contribution in [0.5, 0.6) is 0 Å². The number of aryl methyl sites for hydroxylation is 1. The maximum Gasteiger partial charge on any atom is 0.0725 e. The molecule has 0 saturated heterocycles. The number of hydrogen-bond acceptors (Lipinski definition) is 3. The number of para-hydroxylation sites is 1. The number of fused-ring (bicyclic) bond motifs is 1. The molecule has 1 unspecified atom stereocenters. The molecule has 20 heavy (non-hydrogen) atoms. The maximum atomic E-state index is 4.59. The van der Waals surface area contributed by atoms with Crippen LogP contribution in [-0.2, 0) is 0 Å². The van der Waals surface area contributed by atoms with Crippen LogP contribution in [0.2, 0.25) is 0 Å². The van der Waals surface area contributed by atoms with Crippen LogP contribution in [0.4, 0.5) is 5.69 Å². The van der Waals surface area contributed by atoms with E-state index in [1.165, 1.54) is 11.1 Å². The third-order valence-corrected chi connectivity index (χ3v) is 3.67. The van der Waals surface area contributed by atoms with Gasteiger partial charge in [0.2, 0.25) is 0 Å². The van der Waals surface area contributed by atoms with Gasteiger partial charge in [0.05, 0.1) is 5.52 Å². The predicted molar refractivity (Wildman–Crippen MR) is 87.4 cm³/mol. The molecule has 2 aromatic rings. The Morgan fingerprint density at radius 1 is 1.20 bits per heavy atom. The molecule has 1 aromatic heterocycles. The molecule has 0 bridgehead atoms. The Kier molecular flexibility index (Phi) is 4.96. The van der Waals surface area contributed by atoms with Gasteiger partial charge in [-0.3, -0.25) is 4.98 Å². The summed E-state index contributed by atoms with van der Waals surface area (Å²) in [6.07, 6.45) is 0. The quantitative estimate of drug-likeness (QED) is 0.868. The standard InChI is InChI=1S/C17H25N3/c1-5-20(6-2)12-14(4)19-17-11-13(3)18-16-10-8-7-9-15(16)17/h7-11,14H,5-6,12H2,1-4H3,(H,18,19). The van der Waals surface area contributed by atoms with Gasteiger partial charge in [0.1, 0.15) is 0 Å². The SMILES string of the molecule is CCN(CC)CC(C)Nc1cc(C)nc2ccccc12. The summed E-state index contributed by atoms with van der Waals surface area (Å²) in [7, 11) is 0. The number of aromatic nitrogens is 1. The normalized spacial score (nSPS) is 12.8. The Labute approximate surface area is 122 Å². The Morgan fingerprint density at radius 3 is 2.60 bits per heavy atom. The summed E-state index contributed by atoms with van der Waals surface area (Å²) in [4.78, 5) is 7.02. The molecular formula is C17H25N3. The van der Waals surface area contributed by atoms with Crippen molar-refractivity contribution in [1.82, 2.24) is 9.88 Å². The van der Waals surface area contributed by atoms with E-state index in [1.807, 2.05) is 13.0 Å². The van der Waals surface area contributed by atoms with Gasteiger partial charge < -0.3 is 10.2 Å². The van der Waals surface area contributed by atoms with Crippen molar-refractivity contribution in [1.29, 1.82) is 0 Å². The highest BCUT2D eigenvalue weighted by Crippen LogP contribution is 2.23. The molecule has 1 heterocycles. The lowest BCUT2D eigenvalue weighted by molar-refractivity contribution is 0.295. The Balaban J connectivity index is 2.20. The number of rotatable bonds is 6. The number of anilines is 1. The van der Waals surface area contributed by atoms with Gasteiger partial charge in [-0.25, -0.2) is 0 Å². The van der Waals surface area contributed by atoms with Crippen LogP contribution in [0.15, 0.2) is 30.3 Å². The minimum atomic E-state index is 0.417. The second-order valence-corrected chi connectivity index (χ2v) is 5.36. The number of likely N-dealkylation sites (N-methyl/N-ethyl adjacent to an activating group) is 1. The van der Waals surface area contributed by atoms with E-state index in [2.05, 4.69) is 60.2 Å². The highest BCUT2D eigenvalue weighted by atomic mass is 15.1. The fraction of sp³-hybridized carbons (Fsp3) is 0.471. The summed E-state index contributed by atoms with van der Waals surface area (Å²) in [6.45, 7) is 12.0. The van der Waals surface area contributed by atoms with E-state index in [9.17, 15) is 0 Å². The minimum Gasteiger partial charge on any atom is -0.381 e. The van der Waals surface area contributed by atoms with Crippen molar-refractivity contribution in [3.63, 3.8) is 0 Å². The highest BCUT2D eigenvalue weighted by Gasteiger charge is 2.09. The molecule has 0 fully saturated rings. The van der Waals surface area contributed by atoms with E-state index in [4.69, 9.17) is 0 Å². The first kappa shape index (κ1) is 14.8. The fourth-order valence-corrected chi connectivity index (χ4v) is 2.61. The molecular weight excluding hydrogens is 246 g/mol. The number of benzene rings is 1. The first-order valence-corrected chi connectivity index (χ1v) is 7.49.